The fourth-order valence-corrected chi connectivity index (χ4v) is 1.90. The molecule has 0 bridgehead atoms. The molecule has 0 aromatic carbocycles. The van der Waals surface area contributed by atoms with Crippen molar-refractivity contribution in [1.82, 2.24) is 0 Å². The second-order valence-corrected chi connectivity index (χ2v) is 4.44. The maximum absolute atomic E-state index is 11.7. The zero-order chi connectivity index (χ0) is 9.41. The number of hydrogen-bond donors (Lipinski definition) is 0. The Hall–Kier alpha value is -0.590. The van der Waals surface area contributed by atoms with Crippen LogP contribution in [0.1, 0.15) is 40.5 Å². The van der Waals surface area contributed by atoms with Crippen LogP contribution in [0.3, 0.4) is 0 Å². The Morgan fingerprint density at radius 3 is 2.33 bits per heavy atom. The average molecular weight is 166 g/mol. The van der Waals surface area contributed by atoms with E-state index in [4.69, 9.17) is 0 Å². The van der Waals surface area contributed by atoms with E-state index in [1.54, 1.807) is 0 Å². The van der Waals surface area contributed by atoms with E-state index in [-0.39, 0.29) is 10.8 Å². The predicted octanol–water partition coefficient (Wildman–Crippen LogP) is 2.96. The smallest absolute Gasteiger partial charge is 0.139 e. The highest BCUT2D eigenvalue weighted by atomic mass is 16.1. The Balaban J connectivity index is 2.94. The lowest BCUT2D eigenvalue weighted by atomic mass is 9.66. The Morgan fingerprint density at radius 2 is 2.00 bits per heavy atom. The van der Waals surface area contributed by atoms with Gasteiger partial charge in [-0.05, 0) is 11.8 Å². The highest BCUT2D eigenvalue weighted by Crippen LogP contribution is 2.48. The molecule has 1 aliphatic rings. The summed E-state index contributed by atoms with van der Waals surface area (Å²) in [6.45, 7) is 8.31. The van der Waals surface area contributed by atoms with Crippen LogP contribution in [0.25, 0.3) is 0 Å². The number of carbonyl (C=O) groups is 1. The largest absolute Gasteiger partial charge is 0.299 e. The summed E-state index contributed by atoms with van der Waals surface area (Å²) < 4.78 is 0. The van der Waals surface area contributed by atoms with Gasteiger partial charge in [-0.3, -0.25) is 4.79 Å². The van der Waals surface area contributed by atoms with E-state index in [1.165, 1.54) is 0 Å². The molecule has 12 heavy (non-hydrogen) atoms. The first kappa shape index (κ1) is 9.50. The van der Waals surface area contributed by atoms with E-state index in [2.05, 4.69) is 32.9 Å². The van der Waals surface area contributed by atoms with Gasteiger partial charge in [-0.25, -0.2) is 0 Å². The van der Waals surface area contributed by atoms with Gasteiger partial charge in [-0.2, -0.15) is 0 Å². The number of hydrogen-bond acceptors (Lipinski definition) is 1. The van der Waals surface area contributed by atoms with Crippen molar-refractivity contribution in [3.63, 3.8) is 0 Å². The third-order valence-electron chi connectivity index (χ3n) is 3.42. The SMILES string of the molecule is CCC(=O)C1(C)CC=CC1(C)C. The van der Waals surface area contributed by atoms with Gasteiger partial charge < -0.3 is 0 Å². The number of rotatable bonds is 2. The van der Waals surface area contributed by atoms with Crippen molar-refractivity contribution < 1.29 is 4.79 Å². The molecule has 0 aromatic heterocycles. The molecule has 1 rings (SSSR count). The van der Waals surface area contributed by atoms with Gasteiger partial charge in [-0.1, -0.05) is 39.8 Å². The van der Waals surface area contributed by atoms with E-state index in [0.29, 0.717) is 12.2 Å². The normalized spacial score (nSPS) is 32.3. The van der Waals surface area contributed by atoms with Crippen LogP contribution < -0.4 is 0 Å². The van der Waals surface area contributed by atoms with Crippen molar-refractivity contribution in [3.05, 3.63) is 12.2 Å². The highest BCUT2D eigenvalue weighted by molar-refractivity contribution is 5.86. The molecule has 1 nitrogen and oxygen atoms in total. The van der Waals surface area contributed by atoms with Gasteiger partial charge in [0.25, 0.3) is 0 Å². The van der Waals surface area contributed by atoms with Gasteiger partial charge in [0.05, 0.1) is 0 Å². The predicted molar refractivity (Wildman–Crippen MR) is 50.9 cm³/mol. The summed E-state index contributed by atoms with van der Waals surface area (Å²) in [7, 11) is 0. The number of ketones is 1. The minimum atomic E-state index is -0.151. The summed E-state index contributed by atoms with van der Waals surface area (Å²) in [5, 5.41) is 0. The van der Waals surface area contributed by atoms with Crippen molar-refractivity contribution >= 4 is 5.78 Å². The molecule has 0 aliphatic heterocycles. The van der Waals surface area contributed by atoms with Crippen LogP contribution in [0.2, 0.25) is 0 Å². The van der Waals surface area contributed by atoms with E-state index in [0.717, 1.165) is 6.42 Å². The van der Waals surface area contributed by atoms with Gasteiger partial charge in [0, 0.05) is 11.8 Å². The lowest BCUT2D eigenvalue weighted by Crippen LogP contribution is -2.37. The molecule has 1 unspecified atom stereocenters. The number of allylic oxidation sites excluding steroid dienone is 2. The van der Waals surface area contributed by atoms with Crippen LogP contribution in [-0.2, 0) is 4.79 Å². The maximum Gasteiger partial charge on any atom is 0.139 e. The van der Waals surface area contributed by atoms with Crippen LogP contribution in [0, 0.1) is 10.8 Å². The third-order valence-corrected chi connectivity index (χ3v) is 3.42. The highest BCUT2D eigenvalue weighted by Gasteiger charge is 2.46. The van der Waals surface area contributed by atoms with Crippen molar-refractivity contribution in [2.75, 3.05) is 0 Å². The van der Waals surface area contributed by atoms with Crippen molar-refractivity contribution in [2.24, 2.45) is 10.8 Å². The van der Waals surface area contributed by atoms with Crippen LogP contribution in [-0.4, -0.2) is 5.78 Å². The first-order valence-corrected chi connectivity index (χ1v) is 4.65. The molecule has 0 spiro atoms. The quantitative estimate of drug-likeness (QED) is 0.576. The molecule has 1 aliphatic carbocycles. The maximum atomic E-state index is 11.7. The number of Topliss-reactive ketones (excluding diaryl/α,β-unsaturated/α-hetero) is 1. The lowest BCUT2D eigenvalue weighted by Gasteiger charge is -2.36. The monoisotopic (exact) mass is 166 g/mol. The van der Waals surface area contributed by atoms with Crippen LogP contribution in [0.15, 0.2) is 12.2 Å². The fourth-order valence-electron chi connectivity index (χ4n) is 1.90. The topological polar surface area (TPSA) is 17.1 Å². The van der Waals surface area contributed by atoms with Crippen molar-refractivity contribution in [2.45, 2.75) is 40.5 Å². The molecule has 68 valence electrons. The molecule has 1 atom stereocenters. The van der Waals surface area contributed by atoms with Gasteiger partial charge >= 0.3 is 0 Å². The Kier molecular flexibility index (Phi) is 2.15. The molecule has 1 heteroatoms. The van der Waals surface area contributed by atoms with E-state index >= 15 is 0 Å². The summed E-state index contributed by atoms with van der Waals surface area (Å²) in [5.41, 5.74) is -0.109. The van der Waals surface area contributed by atoms with E-state index < -0.39 is 0 Å². The minimum Gasteiger partial charge on any atom is -0.299 e. The zero-order valence-electron chi connectivity index (χ0n) is 8.48. The van der Waals surface area contributed by atoms with E-state index in [1.807, 2.05) is 6.92 Å². The second-order valence-electron chi connectivity index (χ2n) is 4.44. The molecule has 0 heterocycles. The van der Waals surface area contributed by atoms with Crippen LogP contribution in [0.4, 0.5) is 0 Å². The summed E-state index contributed by atoms with van der Waals surface area (Å²) in [6.07, 6.45) is 5.86. The summed E-state index contributed by atoms with van der Waals surface area (Å²) >= 11 is 0. The third kappa shape index (κ3) is 1.12. The first-order valence-electron chi connectivity index (χ1n) is 4.65. The fraction of sp³-hybridized carbons (Fsp3) is 0.727. The molecule has 0 fully saturated rings. The molecule has 0 N–H and O–H groups in total. The van der Waals surface area contributed by atoms with Crippen molar-refractivity contribution in [3.8, 4) is 0 Å². The molecular formula is C11H18O. The second kappa shape index (κ2) is 2.72. The van der Waals surface area contributed by atoms with Gasteiger partial charge in [-0.15, -0.1) is 0 Å². The zero-order valence-corrected chi connectivity index (χ0v) is 8.48. The molecule has 0 radical (unpaired) electrons. The molecule has 0 aromatic rings. The summed E-state index contributed by atoms with van der Waals surface area (Å²) in [4.78, 5) is 11.7. The van der Waals surface area contributed by atoms with Crippen LogP contribution in [0.5, 0.6) is 0 Å². The van der Waals surface area contributed by atoms with Crippen molar-refractivity contribution in [1.29, 1.82) is 0 Å². The van der Waals surface area contributed by atoms with Gasteiger partial charge in [0.1, 0.15) is 5.78 Å². The average Bonchev–Trinajstić information content (AvgIpc) is 2.26. The van der Waals surface area contributed by atoms with Gasteiger partial charge in [0.15, 0.2) is 0 Å². The Labute approximate surface area is 74.9 Å². The minimum absolute atomic E-state index is 0.0418. The van der Waals surface area contributed by atoms with Crippen LogP contribution >= 0.6 is 0 Å². The molecular weight excluding hydrogens is 148 g/mol. The summed E-state index contributed by atoms with van der Waals surface area (Å²) in [6, 6.07) is 0. The van der Waals surface area contributed by atoms with Gasteiger partial charge in [0.2, 0.25) is 0 Å². The Bertz CT molecular complexity index is 225. The number of carbonyl (C=O) groups excluding carboxylic acids is 1. The van der Waals surface area contributed by atoms with E-state index in [9.17, 15) is 4.79 Å². The standard InChI is InChI=1S/C11H18O/c1-5-9(12)11(4)8-6-7-10(11,2)3/h6-7H,5,8H2,1-4H3. The first-order chi connectivity index (χ1) is 5.44. The Morgan fingerprint density at radius 1 is 1.42 bits per heavy atom. The molecule has 0 saturated heterocycles. The lowest BCUT2D eigenvalue weighted by molar-refractivity contribution is -0.131. The molecule has 0 amide bonds. The summed E-state index contributed by atoms with van der Waals surface area (Å²) in [5.74, 6) is 0.387. The molecule has 0 saturated carbocycles.